The van der Waals surface area contributed by atoms with E-state index in [1.165, 1.54) is 0 Å². The minimum atomic E-state index is -0.346. The van der Waals surface area contributed by atoms with Gasteiger partial charge >= 0.3 is 0 Å². The first-order valence-electron chi connectivity index (χ1n) is 8.08. The van der Waals surface area contributed by atoms with Crippen LogP contribution in [0.15, 0.2) is 42.5 Å². The van der Waals surface area contributed by atoms with Gasteiger partial charge in [0.05, 0.1) is 10.7 Å². The van der Waals surface area contributed by atoms with Crippen LogP contribution in [0.2, 0.25) is 5.02 Å². The average Bonchev–Trinajstić information content (AvgIpc) is 2.93. The van der Waals surface area contributed by atoms with Crippen molar-refractivity contribution >= 4 is 23.2 Å². The van der Waals surface area contributed by atoms with Crippen LogP contribution in [0, 0.1) is 13.8 Å². The molecule has 6 heteroatoms. The van der Waals surface area contributed by atoms with E-state index in [9.17, 15) is 4.79 Å². The predicted octanol–water partition coefficient (Wildman–Crippen LogP) is 4.35. The molecular weight excluding hydrogens is 336 g/mol. The number of halogens is 1. The number of benzene rings is 1. The Morgan fingerprint density at radius 2 is 2.00 bits per heavy atom. The van der Waals surface area contributed by atoms with Crippen molar-refractivity contribution in [1.29, 1.82) is 0 Å². The van der Waals surface area contributed by atoms with Gasteiger partial charge in [0.2, 0.25) is 0 Å². The highest BCUT2D eigenvalue weighted by atomic mass is 35.5. The second kappa shape index (κ2) is 7.07. The van der Waals surface area contributed by atoms with Crippen molar-refractivity contribution in [3.05, 3.63) is 70.1 Å². The number of aryl methyl sites for hydroxylation is 3. The SMILES string of the molecule is CCc1cccc(NC(=O)c2nc(-n3nc(C)cc3C)ccc2Cl)c1. The number of amides is 1. The lowest BCUT2D eigenvalue weighted by Crippen LogP contribution is -2.16. The monoisotopic (exact) mass is 354 g/mol. The van der Waals surface area contributed by atoms with E-state index in [2.05, 4.69) is 22.3 Å². The third-order valence-electron chi connectivity index (χ3n) is 3.87. The Morgan fingerprint density at radius 3 is 2.68 bits per heavy atom. The van der Waals surface area contributed by atoms with Crippen LogP contribution in [0.5, 0.6) is 0 Å². The highest BCUT2D eigenvalue weighted by Gasteiger charge is 2.15. The summed E-state index contributed by atoms with van der Waals surface area (Å²) >= 11 is 6.20. The highest BCUT2D eigenvalue weighted by Crippen LogP contribution is 2.20. The standard InChI is InChI=1S/C19H19ClN4O/c1-4-14-6-5-7-15(11-14)21-19(25)18-16(20)8-9-17(22-18)24-13(3)10-12(2)23-24/h5-11H,4H2,1-3H3,(H,21,25). The van der Waals surface area contributed by atoms with Crippen LogP contribution < -0.4 is 5.32 Å². The molecule has 0 unspecified atom stereocenters. The number of nitrogens with zero attached hydrogens (tertiary/aromatic N) is 3. The van der Waals surface area contributed by atoms with Crippen LogP contribution >= 0.6 is 11.6 Å². The van der Waals surface area contributed by atoms with E-state index in [0.717, 1.165) is 29.1 Å². The maximum absolute atomic E-state index is 12.6. The van der Waals surface area contributed by atoms with Crippen molar-refractivity contribution in [2.24, 2.45) is 0 Å². The molecule has 128 valence electrons. The molecule has 0 fully saturated rings. The van der Waals surface area contributed by atoms with E-state index in [4.69, 9.17) is 11.6 Å². The van der Waals surface area contributed by atoms with Crippen LogP contribution in [0.25, 0.3) is 5.82 Å². The number of aromatic nitrogens is 3. The fourth-order valence-corrected chi connectivity index (χ4v) is 2.82. The van der Waals surface area contributed by atoms with Gasteiger partial charge in [-0.2, -0.15) is 5.10 Å². The van der Waals surface area contributed by atoms with Crippen LogP contribution in [-0.4, -0.2) is 20.7 Å². The van der Waals surface area contributed by atoms with Crippen LogP contribution in [0.1, 0.15) is 34.4 Å². The fourth-order valence-electron chi connectivity index (χ4n) is 2.63. The molecule has 25 heavy (non-hydrogen) atoms. The minimum Gasteiger partial charge on any atom is -0.321 e. The van der Waals surface area contributed by atoms with E-state index < -0.39 is 0 Å². The number of pyridine rings is 1. The van der Waals surface area contributed by atoms with Crippen LogP contribution in [0.3, 0.4) is 0 Å². The van der Waals surface area contributed by atoms with Gasteiger partial charge in [0, 0.05) is 11.4 Å². The van der Waals surface area contributed by atoms with Gasteiger partial charge in [0.25, 0.3) is 5.91 Å². The summed E-state index contributed by atoms with van der Waals surface area (Å²) in [5.74, 6) is 0.212. The molecule has 5 nitrogen and oxygen atoms in total. The van der Waals surface area contributed by atoms with Crippen LogP contribution in [-0.2, 0) is 6.42 Å². The van der Waals surface area contributed by atoms with Crippen molar-refractivity contribution < 1.29 is 4.79 Å². The number of hydrogen-bond acceptors (Lipinski definition) is 3. The minimum absolute atomic E-state index is 0.175. The molecule has 0 saturated carbocycles. The number of carbonyl (C=O) groups excluding carboxylic acids is 1. The molecule has 2 aromatic heterocycles. The largest absolute Gasteiger partial charge is 0.321 e. The normalized spacial score (nSPS) is 10.7. The lowest BCUT2D eigenvalue weighted by molar-refractivity contribution is 0.102. The zero-order valence-electron chi connectivity index (χ0n) is 14.4. The fraction of sp³-hybridized carbons (Fsp3) is 0.211. The summed E-state index contributed by atoms with van der Waals surface area (Å²) in [7, 11) is 0. The second-order valence-electron chi connectivity index (χ2n) is 5.85. The molecule has 0 spiro atoms. The molecule has 0 bridgehead atoms. The topological polar surface area (TPSA) is 59.8 Å². The Morgan fingerprint density at radius 1 is 1.20 bits per heavy atom. The Kier molecular flexibility index (Phi) is 4.86. The van der Waals surface area contributed by atoms with Gasteiger partial charge in [-0.15, -0.1) is 0 Å². The van der Waals surface area contributed by atoms with Crippen molar-refractivity contribution in [1.82, 2.24) is 14.8 Å². The summed E-state index contributed by atoms with van der Waals surface area (Å²) in [4.78, 5) is 17.0. The number of anilines is 1. The third-order valence-corrected chi connectivity index (χ3v) is 4.17. The molecule has 1 amide bonds. The highest BCUT2D eigenvalue weighted by molar-refractivity contribution is 6.34. The second-order valence-corrected chi connectivity index (χ2v) is 6.25. The van der Waals surface area contributed by atoms with E-state index in [0.29, 0.717) is 10.8 Å². The maximum atomic E-state index is 12.6. The first-order chi connectivity index (χ1) is 12.0. The number of nitrogens with one attached hydrogen (secondary N) is 1. The van der Waals surface area contributed by atoms with Gasteiger partial charge in [-0.1, -0.05) is 30.7 Å². The van der Waals surface area contributed by atoms with Gasteiger partial charge in [-0.25, -0.2) is 9.67 Å². The molecule has 0 radical (unpaired) electrons. The molecule has 1 N–H and O–H groups in total. The number of rotatable bonds is 4. The van der Waals surface area contributed by atoms with Gasteiger partial charge in [0.15, 0.2) is 5.82 Å². The predicted molar refractivity (Wildman–Crippen MR) is 99.6 cm³/mol. The van der Waals surface area contributed by atoms with E-state index in [-0.39, 0.29) is 11.6 Å². The number of carbonyl (C=O) groups is 1. The average molecular weight is 355 g/mol. The molecule has 1 aromatic carbocycles. The molecule has 3 aromatic rings. The van der Waals surface area contributed by atoms with Gasteiger partial charge in [-0.05, 0) is 56.2 Å². The Balaban J connectivity index is 1.92. The summed E-state index contributed by atoms with van der Waals surface area (Å²) < 4.78 is 1.69. The van der Waals surface area contributed by atoms with E-state index in [1.54, 1.807) is 16.8 Å². The number of hydrogen-bond donors (Lipinski definition) is 1. The summed E-state index contributed by atoms with van der Waals surface area (Å²) in [6.07, 6.45) is 0.899. The van der Waals surface area contributed by atoms with E-state index >= 15 is 0 Å². The third kappa shape index (κ3) is 3.72. The van der Waals surface area contributed by atoms with Crippen molar-refractivity contribution in [2.45, 2.75) is 27.2 Å². The molecule has 0 aliphatic carbocycles. The molecule has 0 aliphatic heterocycles. The zero-order valence-corrected chi connectivity index (χ0v) is 15.1. The van der Waals surface area contributed by atoms with Gasteiger partial charge in [-0.3, -0.25) is 4.79 Å². The van der Waals surface area contributed by atoms with Crippen LogP contribution in [0.4, 0.5) is 5.69 Å². The Labute approximate surface area is 151 Å². The molecule has 2 heterocycles. The molecule has 0 atom stereocenters. The first kappa shape index (κ1) is 17.2. The zero-order chi connectivity index (χ0) is 18.0. The first-order valence-corrected chi connectivity index (χ1v) is 8.46. The van der Waals surface area contributed by atoms with Gasteiger partial charge in [0.1, 0.15) is 5.69 Å². The molecule has 0 saturated heterocycles. The lowest BCUT2D eigenvalue weighted by Gasteiger charge is -2.10. The quantitative estimate of drug-likeness (QED) is 0.757. The summed E-state index contributed by atoms with van der Waals surface area (Å²) in [5.41, 5.74) is 3.87. The van der Waals surface area contributed by atoms with Crippen molar-refractivity contribution in [2.75, 3.05) is 5.32 Å². The summed E-state index contributed by atoms with van der Waals surface area (Å²) in [6, 6.07) is 13.1. The summed E-state index contributed by atoms with van der Waals surface area (Å²) in [5, 5.41) is 7.55. The molecule has 0 aliphatic rings. The smallest absolute Gasteiger partial charge is 0.275 e. The van der Waals surface area contributed by atoms with Gasteiger partial charge < -0.3 is 5.32 Å². The van der Waals surface area contributed by atoms with E-state index in [1.807, 2.05) is 44.2 Å². The lowest BCUT2D eigenvalue weighted by atomic mass is 10.1. The summed E-state index contributed by atoms with van der Waals surface area (Å²) in [6.45, 7) is 5.91. The Hall–Kier alpha value is -2.66. The molecular formula is C19H19ClN4O. The Bertz CT molecular complexity index is 933. The maximum Gasteiger partial charge on any atom is 0.275 e. The van der Waals surface area contributed by atoms with Crippen molar-refractivity contribution in [3.8, 4) is 5.82 Å². The van der Waals surface area contributed by atoms with Crippen molar-refractivity contribution in [3.63, 3.8) is 0 Å². The molecule has 3 rings (SSSR count).